The summed E-state index contributed by atoms with van der Waals surface area (Å²) in [4.78, 5) is 20.8. The van der Waals surface area contributed by atoms with Crippen molar-refractivity contribution in [2.45, 2.75) is 6.42 Å². The molecule has 5 nitrogen and oxygen atoms in total. The number of pyridine rings is 1. The van der Waals surface area contributed by atoms with Crippen molar-refractivity contribution in [3.8, 4) is 0 Å². The van der Waals surface area contributed by atoms with Crippen LogP contribution in [0.25, 0.3) is 0 Å². The first-order valence-electron chi connectivity index (χ1n) is 8.72. The van der Waals surface area contributed by atoms with E-state index in [9.17, 15) is 4.79 Å². The van der Waals surface area contributed by atoms with Crippen LogP contribution in [0.15, 0.2) is 42.6 Å². The molecule has 2 aromatic rings. The van der Waals surface area contributed by atoms with Gasteiger partial charge in [0.2, 0.25) is 5.91 Å². The molecule has 7 heteroatoms. The van der Waals surface area contributed by atoms with Crippen molar-refractivity contribution in [1.29, 1.82) is 0 Å². The first kappa shape index (κ1) is 19.0. The smallest absolute Gasteiger partial charge is 0.236 e. The fraction of sp³-hybridized carbons (Fsp3) is 0.368. The number of nitrogens with one attached hydrogen (secondary N) is 1. The molecule has 0 bridgehead atoms. The Morgan fingerprint density at radius 3 is 2.62 bits per heavy atom. The molecule has 0 saturated carbocycles. The highest BCUT2D eigenvalue weighted by molar-refractivity contribution is 6.35. The van der Waals surface area contributed by atoms with Gasteiger partial charge in [-0.2, -0.15) is 0 Å². The lowest BCUT2D eigenvalue weighted by Crippen LogP contribution is -2.51. The first-order chi connectivity index (χ1) is 12.6. The molecular formula is C19H22Cl2N4O. The fourth-order valence-electron chi connectivity index (χ4n) is 2.98. The van der Waals surface area contributed by atoms with Crippen molar-refractivity contribution >= 4 is 34.9 Å². The van der Waals surface area contributed by atoms with E-state index in [2.05, 4.69) is 15.2 Å². The van der Waals surface area contributed by atoms with Gasteiger partial charge in [-0.3, -0.25) is 4.79 Å². The van der Waals surface area contributed by atoms with Crippen molar-refractivity contribution < 1.29 is 4.79 Å². The second-order valence-corrected chi connectivity index (χ2v) is 7.06. The second kappa shape index (κ2) is 9.21. The molecule has 0 unspecified atom stereocenters. The zero-order valence-corrected chi connectivity index (χ0v) is 16.0. The molecule has 0 radical (unpaired) electrons. The van der Waals surface area contributed by atoms with Gasteiger partial charge >= 0.3 is 0 Å². The molecule has 3 rings (SSSR count). The van der Waals surface area contributed by atoms with Crippen LogP contribution in [0.2, 0.25) is 10.0 Å². The summed E-state index contributed by atoms with van der Waals surface area (Å²) in [6.07, 6.45) is 2.56. The van der Waals surface area contributed by atoms with Crippen molar-refractivity contribution in [1.82, 2.24) is 15.2 Å². The van der Waals surface area contributed by atoms with Gasteiger partial charge in [0.25, 0.3) is 0 Å². The lowest BCUT2D eigenvalue weighted by atomic mass is 10.1. The Balaban J connectivity index is 1.38. The average Bonchev–Trinajstić information content (AvgIpc) is 2.67. The lowest BCUT2D eigenvalue weighted by Gasteiger charge is -2.35. The highest BCUT2D eigenvalue weighted by atomic mass is 35.5. The van der Waals surface area contributed by atoms with E-state index in [4.69, 9.17) is 23.2 Å². The summed E-state index contributed by atoms with van der Waals surface area (Å²) in [5.41, 5.74) is 1.03. The predicted molar refractivity (Wildman–Crippen MR) is 106 cm³/mol. The molecule has 1 aromatic carbocycles. The number of carbonyl (C=O) groups is 1. The van der Waals surface area contributed by atoms with Crippen LogP contribution in [0.3, 0.4) is 0 Å². The number of rotatable bonds is 6. The zero-order valence-electron chi connectivity index (χ0n) is 14.5. The van der Waals surface area contributed by atoms with E-state index in [1.165, 1.54) is 0 Å². The molecule has 0 atom stereocenters. The summed E-state index contributed by atoms with van der Waals surface area (Å²) in [5, 5.41) is 4.50. The molecule has 0 aliphatic carbocycles. The first-order valence-corrected chi connectivity index (χ1v) is 9.47. The number of piperazine rings is 1. The van der Waals surface area contributed by atoms with E-state index >= 15 is 0 Å². The Labute approximate surface area is 163 Å². The van der Waals surface area contributed by atoms with Gasteiger partial charge < -0.3 is 15.1 Å². The van der Waals surface area contributed by atoms with Crippen LogP contribution in [-0.2, 0) is 11.2 Å². The summed E-state index contributed by atoms with van der Waals surface area (Å²) < 4.78 is 0. The third kappa shape index (κ3) is 5.10. The zero-order chi connectivity index (χ0) is 18.4. The molecule has 1 aliphatic rings. The van der Waals surface area contributed by atoms with Crippen LogP contribution < -0.4 is 10.2 Å². The summed E-state index contributed by atoms with van der Waals surface area (Å²) in [7, 11) is 0. The number of hydrogen-bond acceptors (Lipinski definition) is 4. The van der Waals surface area contributed by atoms with E-state index in [1.54, 1.807) is 12.3 Å². The number of benzene rings is 1. The van der Waals surface area contributed by atoms with Gasteiger partial charge in [0.1, 0.15) is 5.82 Å². The molecule has 138 valence electrons. The van der Waals surface area contributed by atoms with Crippen molar-refractivity contribution in [3.05, 3.63) is 58.2 Å². The van der Waals surface area contributed by atoms with Gasteiger partial charge in [0.05, 0.1) is 6.54 Å². The van der Waals surface area contributed by atoms with Crippen molar-refractivity contribution in [2.75, 3.05) is 44.2 Å². The minimum absolute atomic E-state index is 0.132. The number of hydrogen-bond donors (Lipinski definition) is 1. The maximum Gasteiger partial charge on any atom is 0.236 e. The fourth-order valence-corrected chi connectivity index (χ4v) is 3.48. The number of anilines is 1. The number of halogens is 2. The summed E-state index contributed by atoms with van der Waals surface area (Å²) in [5.74, 6) is 1.10. The Kier molecular flexibility index (Phi) is 6.72. The Hall–Kier alpha value is -1.82. The number of aromatic nitrogens is 1. The topological polar surface area (TPSA) is 48.5 Å². The van der Waals surface area contributed by atoms with E-state index < -0.39 is 0 Å². The Bertz CT molecular complexity index is 734. The van der Waals surface area contributed by atoms with Crippen LogP contribution in [-0.4, -0.2) is 55.1 Å². The Morgan fingerprint density at radius 2 is 1.92 bits per heavy atom. The predicted octanol–water partition coefficient (Wildman–Crippen LogP) is 2.87. The SMILES string of the molecule is O=C(CNCCc1ccc(Cl)cc1Cl)N1CCN(c2ccccn2)CC1. The van der Waals surface area contributed by atoms with Crippen LogP contribution >= 0.6 is 23.2 Å². The molecule has 0 spiro atoms. The van der Waals surface area contributed by atoms with Crippen LogP contribution in [0, 0.1) is 0 Å². The number of nitrogens with zero attached hydrogens (tertiary/aromatic N) is 3. The van der Waals surface area contributed by atoms with E-state index in [-0.39, 0.29) is 5.91 Å². The van der Waals surface area contributed by atoms with E-state index in [0.717, 1.165) is 44.0 Å². The molecule has 1 aromatic heterocycles. The van der Waals surface area contributed by atoms with Gasteiger partial charge in [0, 0.05) is 42.4 Å². The number of amides is 1. The van der Waals surface area contributed by atoms with Crippen LogP contribution in [0.5, 0.6) is 0 Å². The monoisotopic (exact) mass is 392 g/mol. The standard InChI is InChI=1S/C19H22Cl2N4O/c20-16-5-4-15(17(21)13-16)6-8-22-14-19(26)25-11-9-24(10-12-25)18-3-1-2-7-23-18/h1-5,7,13,22H,6,8-12,14H2. The molecule has 1 fully saturated rings. The highest BCUT2D eigenvalue weighted by Crippen LogP contribution is 2.21. The van der Waals surface area contributed by atoms with Gasteiger partial charge in [-0.15, -0.1) is 0 Å². The third-order valence-electron chi connectivity index (χ3n) is 4.47. The van der Waals surface area contributed by atoms with Crippen molar-refractivity contribution in [3.63, 3.8) is 0 Å². The van der Waals surface area contributed by atoms with Crippen LogP contribution in [0.1, 0.15) is 5.56 Å². The second-order valence-electron chi connectivity index (χ2n) is 6.22. The van der Waals surface area contributed by atoms with Gasteiger partial charge in [0.15, 0.2) is 0 Å². The highest BCUT2D eigenvalue weighted by Gasteiger charge is 2.21. The quantitative estimate of drug-likeness (QED) is 0.767. The minimum atomic E-state index is 0.132. The Morgan fingerprint density at radius 1 is 1.12 bits per heavy atom. The van der Waals surface area contributed by atoms with Gasteiger partial charge in [-0.25, -0.2) is 4.98 Å². The van der Waals surface area contributed by atoms with Gasteiger partial charge in [-0.05, 0) is 42.8 Å². The summed E-state index contributed by atoms with van der Waals surface area (Å²) in [6.45, 7) is 4.10. The minimum Gasteiger partial charge on any atom is -0.353 e. The van der Waals surface area contributed by atoms with Crippen LogP contribution in [0.4, 0.5) is 5.82 Å². The normalized spacial score (nSPS) is 14.5. The van der Waals surface area contributed by atoms with Crippen molar-refractivity contribution in [2.24, 2.45) is 0 Å². The summed E-state index contributed by atoms with van der Waals surface area (Å²) in [6, 6.07) is 11.4. The third-order valence-corrected chi connectivity index (χ3v) is 5.06. The van der Waals surface area contributed by atoms with E-state index in [0.29, 0.717) is 23.1 Å². The molecule has 1 amide bonds. The molecule has 2 heterocycles. The molecule has 26 heavy (non-hydrogen) atoms. The van der Waals surface area contributed by atoms with Gasteiger partial charge in [-0.1, -0.05) is 35.3 Å². The molecule has 1 aliphatic heterocycles. The summed E-state index contributed by atoms with van der Waals surface area (Å²) >= 11 is 12.1. The molecule has 1 N–H and O–H groups in total. The molecule has 1 saturated heterocycles. The van der Waals surface area contributed by atoms with E-state index in [1.807, 2.05) is 35.2 Å². The average molecular weight is 393 g/mol. The maximum absolute atomic E-state index is 12.3. The maximum atomic E-state index is 12.3. The molecular weight excluding hydrogens is 371 g/mol. The lowest BCUT2D eigenvalue weighted by molar-refractivity contribution is -0.130. The largest absolute Gasteiger partial charge is 0.353 e. The number of carbonyl (C=O) groups excluding carboxylic acids is 1.